The summed E-state index contributed by atoms with van der Waals surface area (Å²) in [4.78, 5) is 3.93. The fraction of sp³-hybridized carbons (Fsp3) is 0.727. The number of rotatable bonds is 6. The summed E-state index contributed by atoms with van der Waals surface area (Å²) in [5.41, 5.74) is 0. The van der Waals surface area contributed by atoms with Crippen molar-refractivity contribution >= 4 is 6.21 Å². The second kappa shape index (κ2) is 8.51. The third-order valence-electron chi connectivity index (χ3n) is 2.05. The lowest BCUT2D eigenvalue weighted by atomic mass is 10.1. The second-order valence-electron chi connectivity index (χ2n) is 3.24. The Kier molecular flexibility index (Phi) is 8.09. The molecular formula is C11H21N. The Bertz CT molecular complexity index is 136. The molecule has 0 fully saturated rings. The molecule has 1 atom stereocenters. The maximum absolute atomic E-state index is 3.93. The Labute approximate surface area is 76.6 Å². The van der Waals surface area contributed by atoms with Gasteiger partial charge < -0.3 is 4.99 Å². The average Bonchev–Trinajstić information content (AvgIpc) is 2.10. The lowest BCUT2D eigenvalue weighted by Crippen LogP contribution is -1.87. The van der Waals surface area contributed by atoms with Gasteiger partial charge in [-0.1, -0.05) is 32.4 Å². The van der Waals surface area contributed by atoms with Gasteiger partial charge in [0.2, 0.25) is 0 Å². The van der Waals surface area contributed by atoms with Crippen molar-refractivity contribution in [1.29, 1.82) is 0 Å². The van der Waals surface area contributed by atoms with Crippen LogP contribution in [0.2, 0.25) is 0 Å². The number of aliphatic imine (C=N–C) groups is 1. The lowest BCUT2D eigenvalue weighted by molar-refractivity contribution is 0.571. The monoisotopic (exact) mass is 167 g/mol. The molecule has 0 saturated carbocycles. The minimum Gasteiger partial charge on any atom is -0.301 e. The molecule has 0 aromatic carbocycles. The van der Waals surface area contributed by atoms with Gasteiger partial charge in [0, 0.05) is 7.05 Å². The number of hydrogen-bond acceptors (Lipinski definition) is 1. The largest absolute Gasteiger partial charge is 0.301 e. The van der Waals surface area contributed by atoms with Gasteiger partial charge in [-0.05, 0) is 31.4 Å². The zero-order valence-electron chi connectivity index (χ0n) is 8.59. The van der Waals surface area contributed by atoms with Gasteiger partial charge in [0.05, 0.1) is 0 Å². The molecule has 0 aromatic heterocycles. The maximum atomic E-state index is 3.93. The van der Waals surface area contributed by atoms with Crippen LogP contribution in [-0.2, 0) is 0 Å². The fourth-order valence-electron chi connectivity index (χ4n) is 0.913. The highest BCUT2D eigenvalue weighted by atomic mass is 14.6. The van der Waals surface area contributed by atoms with Crippen LogP contribution in [0.1, 0.15) is 39.5 Å². The molecule has 0 N–H and O–H groups in total. The summed E-state index contributed by atoms with van der Waals surface area (Å²) in [7, 11) is 1.82. The highest BCUT2D eigenvalue weighted by molar-refractivity contribution is 5.56. The minimum atomic E-state index is 0.834. The van der Waals surface area contributed by atoms with Crippen LogP contribution in [0.5, 0.6) is 0 Å². The smallest absolute Gasteiger partial charge is 0.0273 e. The first-order valence-corrected chi connectivity index (χ1v) is 4.86. The van der Waals surface area contributed by atoms with Crippen LogP contribution < -0.4 is 0 Å². The van der Waals surface area contributed by atoms with Crippen molar-refractivity contribution in [3.63, 3.8) is 0 Å². The predicted octanol–water partition coefficient (Wildman–Crippen LogP) is 3.46. The van der Waals surface area contributed by atoms with E-state index in [1.54, 1.807) is 0 Å². The summed E-state index contributed by atoms with van der Waals surface area (Å²) >= 11 is 0. The van der Waals surface area contributed by atoms with Crippen molar-refractivity contribution in [1.82, 2.24) is 0 Å². The highest BCUT2D eigenvalue weighted by Gasteiger charge is 1.92. The van der Waals surface area contributed by atoms with Crippen LogP contribution in [0.4, 0.5) is 0 Å². The van der Waals surface area contributed by atoms with Crippen LogP contribution in [0.25, 0.3) is 0 Å². The zero-order chi connectivity index (χ0) is 9.23. The van der Waals surface area contributed by atoms with Crippen molar-refractivity contribution in [2.24, 2.45) is 10.9 Å². The van der Waals surface area contributed by atoms with Crippen LogP contribution >= 0.6 is 0 Å². The molecule has 12 heavy (non-hydrogen) atoms. The predicted molar refractivity (Wildman–Crippen MR) is 56.9 cm³/mol. The van der Waals surface area contributed by atoms with Gasteiger partial charge in [-0.15, -0.1) is 0 Å². The van der Waals surface area contributed by atoms with E-state index < -0.39 is 0 Å². The van der Waals surface area contributed by atoms with E-state index in [0.717, 1.165) is 18.8 Å². The number of unbranched alkanes of at least 4 members (excludes halogenated alkanes) is 1. The number of hydrogen-bond donors (Lipinski definition) is 0. The molecule has 0 radical (unpaired) electrons. The molecule has 0 unspecified atom stereocenters. The van der Waals surface area contributed by atoms with Gasteiger partial charge in [0.25, 0.3) is 0 Å². The minimum absolute atomic E-state index is 0.834. The maximum Gasteiger partial charge on any atom is 0.0273 e. The Morgan fingerprint density at radius 3 is 2.58 bits per heavy atom. The summed E-state index contributed by atoms with van der Waals surface area (Å²) in [5, 5.41) is 0. The van der Waals surface area contributed by atoms with E-state index in [9.17, 15) is 0 Å². The zero-order valence-corrected chi connectivity index (χ0v) is 8.59. The lowest BCUT2D eigenvalue weighted by Gasteiger charge is -2.01. The Morgan fingerprint density at radius 2 is 2.00 bits per heavy atom. The molecule has 0 spiro atoms. The van der Waals surface area contributed by atoms with Crippen molar-refractivity contribution in [2.75, 3.05) is 7.05 Å². The molecule has 1 heteroatoms. The van der Waals surface area contributed by atoms with Gasteiger partial charge in [-0.2, -0.15) is 0 Å². The van der Waals surface area contributed by atoms with E-state index in [4.69, 9.17) is 0 Å². The first-order chi connectivity index (χ1) is 5.81. The Balaban J connectivity index is 3.25. The van der Waals surface area contributed by atoms with E-state index in [1.165, 1.54) is 12.8 Å². The standard InChI is InChI=1S/C11H21N/c1-4-11(2)9-7-5-6-8-10-12-3/h5,7,10-11H,4,6,8-9H2,1-3H3/b7-5+,12-10?/t11-/m0/s1. The normalized spacial score (nSPS) is 14.6. The summed E-state index contributed by atoms with van der Waals surface area (Å²) in [6.45, 7) is 4.53. The van der Waals surface area contributed by atoms with Crippen LogP contribution in [0.3, 0.4) is 0 Å². The topological polar surface area (TPSA) is 12.4 Å². The Morgan fingerprint density at radius 1 is 1.25 bits per heavy atom. The van der Waals surface area contributed by atoms with Gasteiger partial charge in [0.15, 0.2) is 0 Å². The summed E-state index contributed by atoms with van der Waals surface area (Å²) < 4.78 is 0. The van der Waals surface area contributed by atoms with E-state index in [2.05, 4.69) is 31.0 Å². The Hall–Kier alpha value is -0.590. The SMILES string of the molecule is CC[C@H](C)C/C=C/CCC=NC. The van der Waals surface area contributed by atoms with Crippen LogP contribution in [0, 0.1) is 5.92 Å². The number of nitrogens with zero attached hydrogens (tertiary/aromatic N) is 1. The molecule has 0 amide bonds. The van der Waals surface area contributed by atoms with E-state index in [0.29, 0.717) is 0 Å². The van der Waals surface area contributed by atoms with Crippen LogP contribution in [-0.4, -0.2) is 13.3 Å². The fourth-order valence-corrected chi connectivity index (χ4v) is 0.913. The summed E-state index contributed by atoms with van der Waals surface area (Å²) in [6.07, 6.45) is 11.2. The first-order valence-electron chi connectivity index (χ1n) is 4.86. The molecule has 1 nitrogen and oxygen atoms in total. The molecule has 0 aromatic rings. The van der Waals surface area contributed by atoms with Crippen molar-refractivity contribution in [3.8, 4) is 0 Å². The molecule has 0 saturated heterocycles. The van der Waals surface area contributed by atoms with E-state index >= 15 is 0 Å². The van der Waals surface area contributed by atoms with Gasteiger partial charge in [-0.3, -0.25) is 0 Å². The second-order valence-corrected chi connectivity index (χ2v) is 3.24. The molecule has 0 rings (SSSR count). The molecule has 70 valence electrons. The molecule has 0 heterocycles. The molecule has 0 aliphatic carbocycles. The highest BCUT2D eigenvalue weighted by Crippen LogP contribution is 2.06. The van der Waals surface area contributed by atoms with Crippen molar-refractivity contribution in [3.05, 3.63) is 12.2 Å². The van der Waals surface area contributed by atoms with Crippen molar-refractivity contribution in [2.45, 2.75) is 39.5 Å². The third kappa shape index (κ3) is 7.52. The quantitative estimate of drug-likeness (QED) is 0.326. The molecule has 0 bridgehead atoms. The van der Waals surface area contributed by atoms with Crippen molar-refractivity contribution < 1.29 is 0 Å². The molecule has 0 aliphatic rings. The summed E-state index contributed by atoms with van der Waals surface area (Å²) in [6, 6.07) is 0. The molecular weight excluding hydrogens is 146 g/mol. The van der Waals surface area contributed by atoms with E-state index in [1.807, 2.05) is 13.3 Å². The first kappa shape index (κ1) is 11.4. The van der Waals surface area contributed by atoms with Crippen LogP contribution in [0.15, 0.2) is 17.1 Å². The van der Waals surface area contributed by atoms with E-state index in [-0.39, 0.29) is 0 Å². The average molecular weight is 167 g/mol. The van der Waals surface area contributed by atoms with Gasteiger partial charge in [-0.25, -0.2) is 0 Å². The summed E-state index contributed by atoms with van der Waals surface area (Å²) in [5.74, 6) is 0.834. The van der Waals surface area contributed by atoms with Gasteiger partial charge in [0.1, 0.15) is 0 Å². The third-order valence-corrected chi connectivity index (χ3v) is 2.05. The van der Waals surface area contributed by atoms with Gasteiger partial charge >= 0.3 is 0 Å². The molecule has 0 aliphatic heterocycles. The number of allylic oxidation sites excluding steroid dienone is 2.